The number of benzene rings is 1. The van der Waals surface area contributed by atoms with E-state index >= 15 is 0 Å². The number of carbonyl (C=O) groups excluding carboxylic acids is 1. The van der Waals surface area contributed by atoms with Crippen LogP contribution >= 0.6 is 22.9 Å². The third-order valence-corrected chi connectivity index (χ3v) is 4.65. The summed E-state index contributed by atoms with van der Waals surface area (Å²) in [5.74, 6) is -3.95. The number of likely N-dealkylation sites (tertiary alicyclic amines) is 1. The van der Waals surface area contributed by atoms with Crippen molar-refractivity contribution in [3.05, 3.63) is 50.7 Å². The third-order valence-electron chi connectivity index (χ3n) is 3.55. The number of thiazole rings is 1. The molecule has 1 aromatic carbocycles. The molecule has 116 valence electrons. The second-order valence-corrected chi connectivity index (χ2v) is 6.74. The smallest absolute Gasteiger partial charge is 0.223 e. The molecule has 2 aromatic rings. The van der Waals surface area contributed by atoms with Crippen LogP contribution in [0.5, 0.6) is 0 Å². The van der Waals surface area contributed by atoms with Crippen molar-refractivity contribution >= 4 is 28.8 Å². The molecule has 8 heteroatoms. The summed E-state index contributed by atoms with van der Waals surface area (Å²) >= 11 is 6.98. The second kappa shape index (κ2) is 5.89. The molecule has 0 bridgehead atoms. The molecule has 1 fully saturated rings. The number of nitrogens with zero attached hydrogens (tertiary/aromatic N) is 2. The first-order valence-corrected chi connectivity index (χ1v) is 7.66. The summed E-state index contributed by atoms with van der Waals surface area (Å²) in [4.78, 5) is 18.2. The van der Waals surface area contributed by atoms with Gasteiger partial charge >= 0.3 is 0 Å². The van der Waals surface area contributed by atoms with Gasteiger partial charge in [-0.3, -0.25) is 4.79 Å². The number of hydrogen-bond acceptors (Lipinski definition) is 3. The molecule has 1 atom stereocenters. The Bertz CT molecular complexity index is 737. The van der Waals surface area contributed by atoms with Crippen LogP contribution < -0.4 is 0 Å². The lowest BCUT2D eigenvalue weighted by atomic mass is 9.97. The summed E-state index contributed by atoms with van der Waals surface area (Å²) in [5, 5.41) is 0. The molecule has 0 spiro atoms. The fourth-order valence-electron chi connectivity index (χ4n) is 2.55. The average molecular weight is 347 g/mol. The summed E-state index contributed by atoms with van der Waals surface area (Å²) in [6, 6.07) is 1.44. The van der Waals surface area contributed by atoms with Crippen LogP contribution in [0.25, 0.3) is 0 Å². The monoisotopic (exact) mass is 346 g/mol. The summed E-state index contributed by atoms with van der Waals surface area (Å²) < 4.78 is 40.8. The van der Waals surface area contributed by atoms with E-state index in [2.05, 4.69) is 4.98 Å². The number of carbonyl (C=O) groups is 1. The molecule has 0 radical (unpaired) electrons. The van der Waals surface area contributed by atoms with Gasteiger partial charge in [-0.25, -0.2) is 18.2 Å². The van der Waals surface area contributed by atoms with Crippen molar-refractivity contribution in [3.8, 4) is 0 Å². The van der Waals surface area contributed by atoms with E-state index in [1.807, 2.05) is 0 Å². The largest absolute Gasteiger partial charge is 0.337 e. The molecule has 1 aliphatic rings. The standard InChI is InChI=1S/C14H10ClF3N2OS/c15-14-19-4-9(22-14)6-20-5-7(1-12(20)21)10-2-8(16)3-11(17)13(10)18/h2-4,7H,1,5-6H2. The zero-order valence-electron chi connectivity index (χ0n) is 11.2. The predicted octanol–water partition coefficient (Wildman–Crippen LogP) is 3.73. The quantitative estimate of drug-likeness (QED) is 0.793. The fraction of sp³-hybridized carbons (Fsp3) is 0.286. The summed E-state index contributed by atoms with van der Waals surface area (Å²) in [5.41, 5.74) is -0.101. The fourth-order valence-corrected chi connectivity index (χ4v) is 3.54. The van der Waals surface area contributed by atoms with Gasteiger partial charge in [0.2, 0.25) is 5.91 Å². The topological polar surface area (TPSA) is 33.2 Å². The van der Waals surface area contributed by atoms with Gasteiger partial charge < -0.3 is 4.90 Å². The minimum Gasteiger partial charge on any atom is -0.337 e. The van der Waals surface area contributed by atoms with Crippen molar-refractivity contribution in [2.75, 3.05) is 6.54 Å². The Morgan fingerprint density at radius 3 is 2.82 bits per heavy atom. The van der Waals surface area contributed by atoms with Crippen molar-refractivity contribution < 1.29 is 18.0 Å². The lowest BCUT2D eigenvalue weighted by Gasteiger charge is -2.16. The van der Waals surface area contributed by atoms with Gasteiger partial charge in [0.15, 0.2) is 16.1 Å². The lowest BCUT2D eigenvalue weighted by Crippen LogP contribution is -2.24. The summed E-state index contributed by atoms with van der Waals surface area (Å²) in [6.45, 7) is 0.507. The van der Waals surface area contributed by atoms with Crippen LogP contribution in [0, 0.1) is 17.5 Å². The van der Waals surface area contributed by atoms with Gasteiger partial charge in [-0.1, -0.05) is 11.6 Å². The van der Waals surface area contributed by atoms with Gasteiger partial charge in [-0.15, -0.1) is 11.3 Å². The van der Waals surface area contributed by atoms with Crippen LogP contribution in [0.15, 0.2) is 18.3 Å². The van der Waals surface area contributed by atoms with Crippen molar-refractivity contribution in [3.63, 3.8) is 0 Å². The Kier molecular flexibility index (Phi) is 4.10. The van der Waals surface area contributed by atoms with E-state index in [0.717, 1.165) is 10.9 Å². The molecule has 1 unspecified atom stereocenters. The molecule has 3 nitrogen and oxygen atoms in total. The highest BCUT2D eigenvalue weighted by Crippen LogP contribution is 2.33. The lowest BCUT2D eigenvalue weighted by molar-refractivity contribution is -0.128. The van der Waals surface area contributed by atoms with Gasteiger partial charge in [0.05, 0.1) is 6.54 Å². The first-order valence-electron chi connectivity index (χ1n) is 6.46. The van der Waals surface area contributed by atoms with E-state index in [9.17, 15) is 18.0 Å². The zero-order valence-corrected chi connectivity index (χ0v) is 12.7. The molecule has 1 aromatic heterocycles. The van der Waals surface area contributed by atoms with E-state index in [4.69, 9.17) is 11.6 Å². The maximum Gasteiger partial charge on any atom is 0.223 e. The van der Waals surface area contributed by atoms with Gasteiger partial charge in [0.25, 0.3) is 0 Å². The molecule has 0 saturated carbocycles. The Balaban J connectivity index is 1.80. The SMILES string of the molecule is O=C1CC(c2cc(F)cc(F)c2F)CN1Cc1cnc(Cl)s1. The highest BCUT2D eigenvalue weighted by molar-refractivity contribution is 7.15. The van der Waals surface area contributed by atoms with E-state index in [1.165, 1.54) is 16.2 Å². The molecular formula is C14H10ClF3N2OS. The second-order valence-electron chi connectivity index (χ2n) is 5.05. The van der Waals surface area contributed by atoms with Crippen LogP contribution in [0.3, 0.4) is 0 Å². The molecule has 22 heavy (non-hydrogen) atoms. The number of amides is 1. The Morgan fingerprint density at radius 2 is 2.14 bits per heavy atom. The highest BCUT2D eigenvalue weighted by Gasteiger charge is 2.33. The predicted molar refractivity (Wildman–Crippen MR) is 76.2 cm³/mol. The van der Waals surface area contributed by atoms with Gasteiger partial charge in [-0.05, 0) is 11.6 Å². The van der Waals surface area contributed by atoms with E-state index in [0.29, 0.717) is 17.1 Å². The molecule has 1 amide bonds. The Hall–Kier alpha value is -1.60. The van der Waals surface area contributed by atoms with Crippen LogP contribution in [0.2, 0.25) is 4.47 Å². The minimum atomic E-state index is -1.24. The van der Waals surface area contributed by atoms with Crippen LogP contribution in [0.1, 0.15) is 22.8 Å². The number of aromatic nitrogens is 1. The Labute approximate surface area is 133 Å². The molecule has 0 aliphatic carbocycles. The summed E-state index contributed by atoms with van der Waals surface area (Å²) in [7, 11) is 0. The molecule has 1 aliphatic heterocycles. The summed E-state index contributed by atoms with van der Waals surface area (Å²) in [6.07, 6.45) is 1.59. The highest BCUT2D eigenvalue weighted by atomic mass is 35.5. The molecule has 2 heterocycles. The molecule has 1 saturated heterocycles. The molecule has 3 rings (SSSR count). The van der Waals surface area contributed by atoms with Crippen molar-refractivity contribution in [2.24, 2.45) is 0 Å². The third kappa shape index (κ3) is 2.96. The normalized spacial score (nSPS) is 18.3. The van der Waals surface area contributed by atoms with E-state index in [-0.39, 0.29) is 24.4 Å². The van der Waals surface area contributed by atoms with E-state index in [1.54, 1.807) is 6.20 Å². The number of halogens is 4. The van der Waals surface area contributed by atoms with Crippen LogP contribution in [0.4, 0.5) is 13.2 Å². The van der Waals surface area contributed by atoms with Gasteiger partial charge in [0.1, 0.15) is 5.82 Å². The van der Waals surface area contributed by atoms with Crippen molar-refractivity contribution in [1.29, 1.82) is 0 Å². The Morgan fingerprint density at radius 1 is 1.36 bits per heavy atom. The average Bonchev–Trinajstić information content (AvgIpc) is 3.01. The first-order chi connectivity index (χ1) is 10.4. The van der Waals surface area contributed by atoms with Crippen LogP contribution in [-0.2, 0) is 11.3 Å². The van der Waals surface area contributed by atoms with E-state index < -0.39 is 23.4 Å². The molecular weight excluding hydrogens is 337 g/mol. The minimum absolute atomic E-state index is 0.0202. The van der Waals surface area contributed by atoms with Crippen LogP contribution in [-0.4, -0.2) is 22.3 Å². The van der Waals surface area contributed by atoms with Crippen molar-refractivity contribution in [2.45, 2.75) is 18.9 Å². The number of rotatable bonds is 3. The van der Waals surface area contributed by atoms with Gasteiger partial charge in [0, 0.05) is 36.0 Å². The number of hydrogen-bond donors (Lipinski definition) is 0. The maximum atomic E-state index is 13.8. The van der Waals surface area contributed by atoms with Crippen molar-refractivity contribution in [1.82, 2.24) is 9.88 Å². The zero-order chi connectivity index (χ0) is 15.9. The first kappa shape index (κ1) is 15.3. The van der Waals surface area contributed by atoms with Gasteiger partial charge in [-0.2, -0.15) is 0 Å². The maximum absolute atomic E-state index is 13.8. The molecule has 0 N–H and O–H groups in total.